The summed E-state index contributed by atoms with van der Waals surface area (Å²) >= 11 is 1.46. The molecule has 0 saturated carbocycles. The van der Waals surface area contributed by atoms with Crippen LogP contribution in [-0.2, 0) is 21.2 Å². The number of carbonyl (C=O) groups is 1. The van der Waals surface area contributed by atoms with E-state index in [4.69, 9.17) is 4.74 Å². The smallest absolute Gasteiger partial charge is 0.243 e. The van der Waals surface area contributed by atoms with Crippen LogP contribution in [-0.4, -0.2) is 31.7 Å². The van der Waals surface area contributed by atoms with Gasteiger partial charge in [0.1, 0.15) is 11.6 Å². The second-order valence-corrected chi connectivity index (χ2v) is 9.58. The molecule has 0 bridgehead atoms. The van der Waals surface area contributed by atoms with Crippen molar-refractivity contribution in [3.8, 4) is 11.5 Å². The number of carbonyl (C=O) groups excluding carboxylic acids is 1. The second-order valence-electron chi connectivity index (χ2n) is 6.61. The summed E-state index contributed by atoms with van der Waals surface area (Å²) in [7, 11) is -3.73. The van der Waals surface area contributed by atoms with E-state index >= 15 is 0 Å². The first kappa shape index (κ1) is 22.9. The second kappa shape index (κ2) is 10.0. The molecule has 0 atom stereocenters. The van der Waals surface area contributed by atoms with Gasteiger partial charge in [0, 0.05) is 18.0 Å². The molecule has 0 fully saturated rings. The van der Waals surface area contributed by atoms with Crippen molar-refractivity contribution in [2.24, 2.45) is 0 Å². The molecule has 0 aliphatic rings. The number of benzene rings is 2. The van der Waals surface area contributed by atoms with E-state index in [-0.39, 0.29) is 28.7 Å². The first-order valence-electron chi connectivity index (χ1n) is 9.73. The molecule has 1 aromatic heterocycles. The van der Waals surface area contributed by atoms with Gasteiger partial charge in [-0.15, -0.1) is 11.3 Å². The molecular weight excluding hydrogens is 439 g/mol. The highest BCUT2D eigenvalue weighted by Gasteiger charge is 2.23. The Labute approximate surface area is 185 Å². The minimum Gasteiger partial charge on any atom is -0.455 e. The minimum atomic E-state index is -3.73. The van der Waals surface area contributed by atoms with Crippen LogP contribution < -0.4 is 10.1 Å². The average Bonchev–Trinajstić information content (AvgIpc) is 3.24. The summed E-state index contributed by atoms with van der Waals surface area (Å²) in [6.07, 6.45) is 0.153. The molecule has 1 heterocycles. The summed E-state index contributed by atoms with van der Waals surface area (Å²) in [6, 6.07) is 13.4. The van der Waals surface area contributed by atoms with E-state index in [1.54, 1.807) is 13.8 Å². The first-order valence-corrected chi connectivity index (χ1v) is 12.0. The van der Waals surface area contributed by atoms with Crippen LogP contribution in [0.15, 0.2) is 64.9 Å². The van der Waals surface area contributed by atoms with Crippen LogP contribution >= 0.6 is 11.3 Å². The van der Waals surface area contributed by atoms with E-state index in [0.717, 1.165) is 4.88 Å². The number of nitrogens with zero attached hydrogens (tertiary/aromatic N) is 1. The predicted octanol–water partition coefficient (Wildman–Crippen LogP) is 4.89. The summed E-state index contributed by atoms with van der Waals surface area (Å²) < 4.78 is 46.2. The Balaban J connectivity index is 1.95. The van der Waals surface area contributed by atoms with Gasteiger partial charge in [-0.25, -0.2) is 12.8 Å². The summed E-state index contributed by atoms with van der Waals surface area (Å²) in [6.45, 7) is 4.17. The number of amides is 1. The van der Waals surface area contributed by atoms with Crippen LogP contribution in [0.1, 0.15) is 18.7 Å². The van der Waals surface area contributed by atoms with Crippen molar-refractivity contribution in [3.63, 3.8) is 0 Å². The Kier molecular flexibility index (Phi) is 7.42. The topological polar surface area (TPSA) is 75.7 Å². The number of rotatable bonds is 9. The number of nitrogens with one attached hydrogen (secondary N) is 1. The van der Waals surface area contributed by atoms with Gasteiger partial charge < -0.3 is 10.1 Å². The number of thiophene rings is 1. The van der Waals surface area contributed by atoms with Gasteiger partial charge in [-0.2, -0.15) is 4.31 Å². The number of halogens is 1. The number of sulfonamides is 1. The maximum absolute atomic E-state index is 13.2. The monoisotopic (exact) mass is 462 g/mol. The lowest BCUT2D eigenvalue weighted by Crippen LogP contribution is -2.30. The van der Waals surface area contributed by atoms with Crippen LogP contribution in [0.3, 0.4) is 0 Å². The van der Waals surface area contributed by atoms with Gasteiger partial charge in [-0.3, -0.25) is 4.79 Å². The summed E-state index contributed by atoms with van der Waals surface area (Å²) in [5, 5.41) is 4.63. The van der Waals surface area contributed by atoms with Crippen molar-refractivity contribution >= 4 is 33.0 Å². The zero-order valence-corrected chi connectivity index (χ0v) is 18.8. The number of ether oxygens (including phenoxy) is 1. The zero-order valence-electron chi connectivity index (χ0n) is 17.2. The molecule has 3 aromatic rings. The van der Waals surface area contributed by atoms with E-state index < -0.39 is 15.8 Å². The highest BCUT2D eigenvalue weighted by atomic mass is 32.2. The number of anilines is 1. The molecule has 1 N–H and O–H groups in total. The van der Waals surface area contributed by atoms with Crippen LogP contribution in [0, 0.1) is 5.82 Å². The highest BCUT2D eigenvalue weighted by Crippen LogP contribution is 2.33. The Bertz CT molecular complexity index is 1130. The molecular formula is C22H23FN2O4S2. The lowest BCUT2D eigenvalue weighted by Gasteiger charge is -2.20. The standard InChI is InChI=1S/C22H23FN2O4S2/c1-3-25(4-2)31(27,28)19-11-12-21(29-17-9-7-16(23)8-10-17)20(15-19)24-22(26)14-18-6-5-13-30-18/h5-13,15H,3-4,14H2,1-2H3,(H,24,26). The first-order chi connectivity index (χ1) is 14.8. The molecule has 31 heavy (non-hydrogen) atoms. The van der Waals surface area contributed by atoms with Gasteiger partial charge in [0.05, 0.1) is 17.0 Å². The summed E-state index contributed by atoms with van der Waals surface area (Å²) in [4.78, 5) is 13.5. The van der Waals surface area contributed by atoms with Crippen molar-refractivity contribution in [2.45, 2.75) is 25.2 Å². The van der Waals surface area contributed by atoms with Crippen molar-refractivity contribution in [1.82, 2.24) is 4.31 Å². The lowest BCUT2D eigenvalue weighted by atomic mass is 10.2. The maximum Gasteiger partial charge on any atom is 0.243 e. The molecule has 0 aliphatic heterocycles. The lowest BCUT2D eigenvalue weighted by molar-refractivity contribution is -0.115. The van der Waals surface area contributed by atoms with E-state index in [1.165, 1.54) is 58.1 Å². The molecule has 2 aromatic carbocycles. The third-order valence-electron chi connectivity index (χ3n) is 4.52. The van der Waals surface area contributed by atoms with Gasteiger partial charge in [-0.05, 0) is 53.9 Å². The molecule has 3 rings (SSSR count). The SMILES string of the molecule is CCN(CC)S(=O)(=O)c1ccc(Oc2ccc(F)cc2)c(NC(=O)Cc2cccs2)c1. The predicted molar refractivity (Wildman–Crippen MR) is 120 cm³/mol. The fourth-order valence-electron chi connectivity index (χ4n) is 2.96. The fraction of sp³-hybridized carbons (Fsp3) is 0.227. The van der Waals surface area contributed by atoms with Crippen LogP contribution in [0.25, 0.3) is 0 Å². The normalized spacial score (nSPS) is 11.5. The Morgan fingerprint density at radius 3 is 2.42 bits per heavy atom. The van der Waals surface area contributed by atoms with Crippen LogP contribution in [0.4, 0.5) is 10.1 Å². The fourth-order valence-corrected chi connectivity index (χ4v) is 5.15. The molecule has 0 spiro atoms. The molecule has 1 amide bonds. The largest absolute Gasteiger partial charge is 0.455 e. The average molecular weight is 463 g/mol. The molecule has 9 heteroatoms. The van der Waals surface area contributed by atoms with E-state index in [9.17, 15) is 17.6 Å². The van der Waals surface area contributed by atoms with E-state index in [2.05, 4.69) is 5.32 Å². The number of hydrogen-bond donors (Lipinski definition) is 1. The van der Waals surface area contributed by atoms with Crippen molar-refractivity contribution in [3.05, 3.63) is 70.7 Å². The van der Waals surface area contributed by atoms with Crippen LogP contribution in [0.5, 0.6) is 11.5 Å². The molecule has 0 aliphatic carbocycles. The Hall–Kier alpha value is -2.75. The quantitative estimate of drug-likeness (QED) is 0.491. The summed E-state index contributed by atoms with van der Waals surface area (Å²) in [5.41, 5.74) is 0.221. The van der Waals surface area contributed by atoms with Crippen molar-refractivity contribution in [2.75, 3.05) is 18.4 Å². The Morgan fingerprint density at radius 1 is 1.10 bits per heavy atom. The van der Waals surface area contributed by atoms with Crippen molar-refractivity contribution < 1.29 is 22.3 Å². The van der Waals surface area contributed by atoms with Crippen LogP contribution in [0.2, 0.25) is 0 Å². The number of hydrogen-bond acceptors (Lipinski definition) is 5. The summed E-state index contributed by atoms with van der Waals surface area (Å²) in [5.74, 6) is -0.0968. The molecule has 164 valence electrons. The highest BCUT2D eigenvalue weighted by molar-refractivity contribution is 7.89. The zero-order chi connectivity index (χ0) is 22.4. The maximum atomic E-state index is 13.2. The third-order valence-corrected chi connectivity index (χ3v) is 7.45. The molecule has 0 radical (unpaired) electrons. The van der Waals surface area contributed by atoms with Crippen molar-refractivity contribution in [1.29, 1.82) is 0 Å². The van der Waals surface area contributed by atoms with Gasteiger partial charge in [-0.1, -0.05) is 19.9 Å². The third kappa shape index (κ3) is 5.69. The minimum absolute atomic E-state index is 0.0501. The molecule has 6 nitrogen and oxygen atoms in total. The van der Waals surface area contributed by atoms with Gasteiger partial charge in [0.25, 0.3) is 0 Å². The van der Waals surface area contributed by atoms with E-state index in [1.807, 2.05) is 17.5 Å². The molecule has 0 saturated heterocycles. The van der Waals surface area contributed by atoms with E-state index in [0.29, 0.717) is 18.8 Å². The molecule has 0 unspecified atom stereocenters. The van der Waals surface area contributed by atoms with Gasteiger partial charge in [0.2, 0.25) is 15.9 Å². The van der Waals surface area contributed by atoms with Gasteiger partial charge >= 0.3 is 0 Å². The van der Waals surface area contributed by atoms with Gasteiger partial charge in [0.15, 0.2) is 5.75 Å². The Morgan fingerprint density at radius 2 is 1.81 bits per heavy atom.